The van der Waals surface area contributed by atoms with Crippen LogP contribution in [0.4, 0.5) is 5.69 Å². The maximum atomic E-state index is 12.8. The fourth-order valence-electron chi connectivity index (χ4n) is 3.32. The monoisotopic (exact) mass is 402 g/mol. The van der Waals surface area contributed by atoms with Gasteiger partial charge in [-0.2, -0.15) is 0 Å². The van der Waals surface area contributed by atoms with Gasteiger partial charge in [-0.25, -0.2) is 0 Å². The van der Waals surface area contributed by atoms with E-state index in [9.17, 15) is 14.3 Å². The van der Waals surface area contributed by atoms with Crippen LogP contribution in [-0.2, 0) is 9.36 Å². The second-order valence-electron chi connectivity index (χ2n) is 6.82. The molecule has 3 unspecified atom stereocenters. The van der Waals surface area contributed by atoms with Crippen LogP contribution in [0.5, 0.6) is 0 Å². The smallest absolute Gasteiger partial charge is 0.237 e. The van der Waals surface area contributed by atoms with Gasteiger partial charge in [-0.3, -0.25) is 9.36 Å². The molecule has 0 radical (unpaired) electrons. The second-order valence-corrected chi connectivity index (χ2v) is 10.3. The molecule has 1 aliphatic heterocycles. The lowest BCUT2D eigenvalue weighted by Gasteiger charge is -2.25. The maximum absolute atomic E-state index is 12.8. The van der Waals surface area contributed by atoms with Crippen molar-refractivity contribution in [3.05, 3.63) is 65.4 Å². The highest BCUT2D eigenvalue weighted by atomic mass is 32.2. The van der Waals surface area contributed by atoms with Crippen molar-refractivity contribution >= 4 is 36.8 Å². The van der Waals surface area contributed by atoms with Crippen LogP contribution in [0.3, 0.4) is 0 Å². The van der Waals surface area contributed by atoms with Crippen LogP contribution in [0.2, 0.25) is 0 Å². The summed E-state index contributed by atoms with van der Waals surface area (Å²) < 4.78 is 12.6. The molecule has 3 rings (SSSR count). The van der Waals surface area contributed by atoms with Crippen molar-refractivity contribution in [1.82, 2.24) is 5.32 Å². The van der Waals surface area contributed by atoms with Crippen LogP contribution >= 0.6 is 19.1 Å². The Hall–Kier alpha value is -2.01. The fourth-order valence-corrected chi connectivity index (χ4v) is 6.17. The molecule has 0 saturated heterocycles. The van der Waals surface area contributed by atoms with Gasteiger partial charge < -0.3 is 15.9 Å². The van der Waals surface area contributed by atoms with Crippen molar-refractivity contribution in [2.75, 3.05) is 18.2 Å². The summed E-state index contributed by atoms with van der Waals surface area (Å²) in [5, 5.41) is 2.67. The van der Waals surface area contributed by atoms with Crippen LogP contribution in [0.1, 0.15) is 22.6 Å². The van der Waals surface area contributed by atoms with Gasteiger partial charge in [0.05, 0.1) is 0 Å². The average Bonchev–Trinajstić information content (AvgIpc) is 2.98. The summed E-state index contributed by atoms with van der Waals surface area (Å²) in [7, 11) is -3.66. The average molecular weight is 402 g/mol. The molecular weight excluding hydrogens is 379 g/mol. The van der Waals surface area contributed by atoms with E-state index in [4.69, 9.17) is 5.73 Å². The molecule has 0 saturated carbocycles. The molecule has 7 heteroatoms. The second kappa shape index (κ2) is 7.93. The first-order chi connectivity index (χ1) is 12.8. The summed E-state index contributed by atoms with van der Waals surface area (Å²) in [5.74, 6) is -0.125. The Bertz CT molecular complexity index is 939. The Morgan fingerprint density at radius 3 is 2.81 bits per heavy atom. The van der Waals surface area contributed by atoms with E-state index < -0.39 is 18.9 Å². The zero-order valence-electron chi connectivity index (χ0n) is 15.3. The van der Waals surface area contributed by atoms with Gasteiger partial charge in [0, 0.05) is 35.1 Å². The number of benzene rings is 2. The van der Waals surface area contributed by atoms with E-state index in [-0.39, 0.29) is 5.92 Å². The molecule has 0 spiro atoms. The lowest BCUT2D eigenvalue weighted by atomic mass is 9.95. The number of nitrogens with one attached hydrogen (secondary N) is 1. The third-order valence-electron chi connectivity index (χ3n) is 4.63. The third kappa shape index (κ3) is 4.46. The molecule has 1 heterocycles. The SMILES string of the molecule is Cc1ccc2c(c1)C(C(C(=O)N/C=C/c1ccccc1N)P(C)(=O)O)CS2. The number of hydrogen-bond acceptors (Lipinski definition) is 4. The van der Waals surface area contributed by atoms with E-state index in [2.05, 4.69) is 5.32 Å². The number of aryl methyl sites for hydroxylation is 1. The van der Waals surface area contributed by atoms with E-state index in [1.54, 1.807) is 23.9 Å². The number of rotatable bonds is 5. The number of nitrogen functional groups attached to an aromatic ring is 1. The molecule has 0 fully saturated rings. The Morgan fingerprint density at radius 1 is 1.37 bits per heavy atom. The van der Waals surface area contributed by atoms with Gasteiger partial charge in [0.25, 0.3) is 0 Å². The molecule has 1 amide bonds. The van der Waals surface area contributed by atoms with Crippen LogP contribution in [0.15, 0.2) is 53.6 Å². The highest BCUT2D eigenvalue weighted by molar-refractivity contribution is 7.99. The summed E-state index contributed by atoms with van der Waals surface area (Å²) in [5.41, 5.74) is 8.31. The lowest BCUT2D eigenvalue weighted by molar-refractivity contribution is -0.120. The Balaban J connectivity index is 1.83. The zero-order valence-corrected chi connectivity index (χ0v) is 17.0. The van der Waals surface area contributed by atoms with Crippen molar-refractivity contribution < 1.29 is 14.3 Å². The molecule has 1 aliphatic rings. The van der Waals surface area contributed by atoms with E-state index in [0.29, 0.717) is 11.4 Å². The van der Waals surface area contributed by atoms with Gasteiger partial charge in [0.2, 0.25) is 13.3 Å². The van der Waals surface area contributed by atoms with Gasteiger partial charge in [0.15, 0.2) is 0 Å². The number of anilines is 1. The van der Waals surface area contributed by atoms with Crippen LogP contribution in [0.25, 0.3) is 6.08 Å². The maximum Gasteiger partial charge on any atom is 0.237 e. The number of hydrogen-bond donors (Lipinski definition) is 3. The fraction of sp³-hybridized carbons (Fsp3) is 0.250. The van der Waals surface area contributed by atoms with E-state index in [0.717, 1.165) is 21.6 Å². The van der Waals surface area contributed by atoms with Crippen LogP contribution < -0.4 is 11.1 Å². The van der Waals surface area contributed by atoms with Gasteiger partial charge in [-0.05, 0) is 36.3 Å². The molecule has 3 atom stereocenters. The van der Waals surface area contributed by atoms with Gasteiger partial charge >= 0.3 is 0 Å². The zero-order chi connectivity index (χ0) is 19.6. The standard InChI is InChI=1S/C20H23N2O3PS/c1-13-7-8-18-15(11-13)16(12-27-18)19(26(2,24)25)20(23)22-10-9-14-5-3-4-6-17(14)21/h3-11,16,19H,12,21H2,1-2H3,(H,22,23)(H,24,25)/b10-9+. The van der Waals surface area contributed by atoms with Crippen molar-refractivity contribution in [3.8, 4) is 0 Å². The van der Waals surface area contributed by atoms with E-state index >= 15 is 0 Å². The highest BCUT2D eigenvalue weighted by Crippen LogP contribution is 2.54. The molecule has 0 bridgehead atoms. The van der Waals surface area contributed by atoms with E-state index in [1.807, 2.05) is 43.3 Å². The Kier molecular flexibility index (Phi) is 5.80. The first-order valence-corrected chi connectivity index (χ1v) is 11.8. The summed E-state index contributed by atoms with van der Waals surface area (Å²) >= 11 is 1.62. The largest absolute Gasteiger partial charge is 0.398 e. The van der Waals surface area contributed by atoms with Gasteiger partial charge in [-0.15, -0.1) is 11.8 Å². The van der Waals surface area contributed by atoms with Crippen molar-refractivity contribution in [2.45, 2.75) is 23.4 Å². The number of carbonyl (C=O) groups is 1. The van der Waals surface area contributed by atoms with E-state index in [1.165, 1.54) is 12.9 Å². The molecule has 2 aromatic rings. The third-order valence-corrected chi connectivity index (χ3v) is 7.47. The summed E-state index contributed by atoms with van der Waals surface area (Å²) in [6, 6.07) is 13.3. The first kappa shape index (κ1) is 19.7. The van der Waals surface area contributed by atoms with Crippen molar-refractivity contribution in [3.63, 3.8) is 0 Å². The summed E-state index contributed by atoms with van der Waals surface area (Å²) in [4.78, 5) is 24.2. The summed E-state index contributed by atoms with van der Waals surface area (Å²) in [6.45, 7) is 3.24. The van der Waals surface area contributed by atoms with Crippen molar-refractivity contribution in [1.29, 1.82) is 0 Å². The molecule has 4 N–H and O–H groups in total. The van der Waals surface area contributed by atoms with Gasteiger partial charge in [-0.1, -0.05) is 35.9 Å². The number of carbonyl (C=O) groups excluding carboxylic acids is 1. The first-order valence-electron chi connectivity index (χ1n) is 8.62. The van der Waals surface area contributed by atoms with Crippen LogP contribution in [0, 0.1) is 6.92 Å². The van der Waals surface area contributed by atoms with Crippen molar-refractivity contribution in [2.24, 2.45) is 0 Å². The molecular formula is C20H23N2O3PS. The summed E-state index contributed by atoms with van der Waals surface area (Å²) in [6.07, 6.45) is 3.17. The number of thioether (sulfide) groups is 1. The number of para-hydroxylation sites is 1. The minimum Gasteiger partial charge on any atom is -0.398 e. The van der Waals surface area contributed by atoms with Crippen LogP contribution in [-0.4, -0.2) is 28.9 Å². The molecule has 5 nitrogen and oxygen atoms in total. The Labute approximate surface area is 163 Å². The molecule has 2 aromatic carbocycles. The quantitative estimate of drug-likeness (QED) is 0.522. The highest BCUT2D eigenvalue weighted by Gasteiger charge is 2.43. The predicted octanol–water partition coefficient (Wildman–Crippen LogP) is 3.82. The minimum atomic E-state index is -3.66. The topological polar surface area (TPSA) is 92.4 Å². The molecule has 27 heavy (non-hydrogen) atoms. The molecule has 0 aromatic heterocycles. The molecule has 0 aliphatic carbocycles. The van der Waals surface area contributed by atoms with Gasteiger partial charge in [0.1, 0.15) is 5.66 Å². The lowest BCUT2D eigenvalue weighted by Crippen LogP contribution is -2.36. The molecule has 142 valence electrons. The number of amides is 1. The number of fused-ring (bicyclic) bond motifs is 1. The minimum absolute atomic E-state index is 0.291. The number of nitrogens with two attached hydrogens (primary N) is 1. The Morgan fingerprint density at radius 2 is 2.11 bits per heavy atom. The predicted molar refractivity (Wildman–Crippen MR) is 112 cm³/mol. The normalized spacial score (nSPS) is 19.4.